The summed E-state index contributed by atoms with van der Waals surface area (Å²) in [5.74, 6) is 0. The molecule has 0 aliphatic heterocycles. The lowest BCUT2D eigenvalue weighted by atomic mass is 10.1. The number of nitro benzene ring substituents is 1. The third-order valence-electron chi connectivity index (χ3n) is 2.30. The molecule has 7 heteroatoms. The van der Waals surface area contributed by atoms with Crippen LogP contribution in [-0.4, -0.2) is 23.2 Å². The van der Waals surface area contributed by atoms with E-state index in [0.717, 1.165) is 10.0 Å². The van der Waals surface area contributed by atoms with Crippen LogP contribution in [0, 0.1) is 10.1 Å². The van der Waals surface area contributed by atoms with Crippen LogP contribution >= 0.6 is 15.9 Å². The van der Waals surface area contributed by atoms with Crippen LogP contribution in [0.1, 0.15) is 26.3 Å². The summed E-state index contributed by atoms with van der Waals surface area (Å²) < 4.78 is 5.87. The first-order valence-corrected chi connectivity index (χ1v) is 6.88. The maximum absolute atomic E-state index is 11.5. The Morgan fingerprint density at radius 2 is 2.10 bits per heavy atom. The molecule has 0 radical (unpaired) electrons. The van der Waals surface area contributed by atoms with Crippen molar-refractivity contribution in [1.82, 2.24) is 5.32 Å². The third kappa shape index (κ3) is 5.56. The van der Waals surface area contributed by atoms with Gasteiger partial charge in [0.25, 0.3) is 5.69 Å². The van der Waals surface area contributed by atoms with Gasteiger partial charge in [0, 0.05) is 23.2 Å². The van der Waals surface area contributed by atoms with Crippen LogP contribution in [0.25, 0.3) is 0 Å². The number of nitro groups is 1. The Kier molecular flexibility index (Phi) is 5.50. The first kappa shape index (κ1) is 16.4. The maximum atomic E-state index is 11.5. The molecule has 6 nitrogen and oxygen atoms in total. The highest BCUT2D eigenvalue weighted by atomic mass is 79.9. The zero-order valence-corrected chi connectivity index (χ0v) is 13.2. The smallest absolute Gasteiger partial charge is 0.407 e. The number of nitrogens with zero attached hydrogens (tertiary/aromatic N) is 1. The van der Waals surface area contributed by atoms with Crippen LogP contribution in [-0.2, 0) is 11.2 Å². The van der Waals surface area contributed by atoms with Crippen molar-refractivity contribution in [2.45, 2.75) is 32.8 Å². The highest BCUT2D eigenvalue weighted by molar-refractivity contribution is 9.10. The third-order valence-corrected chi connectivity index (χ3v) is 3.08. The van der Waals surface area contributed by atoms with Gasteiger partial charge < -0.3 is 10.1 Å². The van der Waals surface area contributed by atoms with Gasteiger partial charge in [-0.2, -0.15) is 0 Å². The number of alkyl carbamates (subject to hydrolysis) is 1. The summed E-state index contributed by atoms with van der Waals surface area (Å²) in [6.07, 6.45) is -0.0272. The van der Waals surface area contributed by atoms with E-state index in [2.05, 4.69) is 21.2 Å². The fourth-order valence-electron chi connectivity index (χ4n) is 1.48. The van der Waals surface area contributed by atoms with Crippen molar-refractivity contribution in [3.63, 3.8) is 0 Å². The quantitative estimate of drug-likeness (QED) is 0.670. The monoisotopic (exact) mass is 344 g/mol. The van der Waals surface area contributed by atoms with Gasteiger partial charge in [-0.3, -0.25) is 10.1 Å². The Bertz CT molecular complexity index is 512. The fourth-order valence-corrected chi connectivity index (χ4v) is 1.92. The maximum Gasteiger partial charge on any atom is 0.407 e. The van der Waals surface area contributed by atoms with E-state index in [-0.39, 0.29) is 5.69 Å². The van der Waals surface area contributed by atoms with E-state index < -0.39 is 16.6 Å². The summed E-state index contributed by atoms with van der Waals surface area (Å²) in [5.41, 5.74) is 0.242. The number of ether oxygens (including phenoxy) is 1. The van der Waals surface area contributed by atoms with Crippen molar-refractivity contribution in [3.05, 3.63) is 38.3 Å². The zero-order chi connectivity index (χ0) is 15.3. The minimum atomic E-state index is -0.545. The van der Waals surface area contributed by atoms with Crippen LogP contribution in [0.2, 0.25) is 0 Å². The molecule has 1 amide bonds. The molecular formula is C13H17BrN2O4. The van der Waals surface area contributed by atoms with Crippen LogP contribution < -0.4 is 5.32 Å². The van der Waals surface area contributed by atoms with E-state index in [1.54, 1.807) is 26.8 Å². The van der Waals surface area contributed by atoms with E-state index in [9.17, 15) is 14.9 Å². The molecule has 20 heavy (non-hydrogen) atoms. The second-order valence-corrected chi connectivity index (χ2v) is 6.07. The molecule has 0 saturated carbocycles. The Labute approximate surface area is 125 Å². The normalized spacial score (nSPS) is 11.0. The molecule has 0 heterocycles. The molecule has 0 saturated heterocycles. The summed E-state index contributed by atoms with van der Waals surface area (Å²) >= 11 is 3.33. The molecule has 0 aromatic heterocycles. The number of rotatable bonds is 4. The first-order valence-electron chi connectivity index (χ1n) is 6.09. The van der Waals surface area contributed by atoms with Gasteiger partial charge in [0.1, 0.15) is 5.60 Å². The van der Waals surface area contributed by atoms with Crippen molar-refractivity contribution in [2.24, 2.45) is 0 Å². The van der Waals surface area contributed by atoms with E-state index in [4.69, 9.17) is 4.74 Å². The topological polar surface area (TPSA) is 81.5 Å². The largest absolute Gasteiger partial charge is 0.444 e. The molecule has 0 fully saturated rings. The van der Waals surface area contributed by atoms with Crippen LogP contribution in [0.4, 0.5) is 10.5 Å². The molecule has 1 aromatic carbocycles. The number of carbonyl (C=O) groups excluding carboxylic acids is 1. The molecule has 0 aliphatic rings. The molecule has 1 rings (SSSR count). The Morgan fingerprint density at radius 3 is 2.65 bits per heavy atom. The summed E-state index contributed by atoms with van der Waals surface area (Å²) in [6, 6.07) is 4.54. The number of hydrogen-bond donors (Lipinski definition) is 1. The molecule has 1 N–H and O–H groups in total. The second-order valence-electron chi connectivity index (χ2n) is 5.21. The summed E-state index contributed by atoms with van der Waals surface area (Å²) in [6.45, 7) is 5.69. The minimum absolute atomic E-state index is 0.0282. The second kappa shape index (κ2) is 6.69. The number of benzene rings is 1. The molecule has 0 unspecified atom stereocenters. The average Bonchev–Trinajstić information content (AvgIpc) is 2.28. The van der Waals surface area contributed by atoms with Gasteiger partial charge in [-0.25, -0.2) is 4.79 Å². The lowest BCUT2D eigenvalue weighted by Gasteiger charge is -2.19. The first-order chi connectivity index (χ1) is 9.19. The van der Waals surface area contributed by atoms with Crippen molar-refractivity contribution in [1.29, 1.82) is 0 Å². The summed E-state index contributed by atoms with van der Waals surface area (Å²) in [4.78, 5) is 21.7. The lowest BCUT2D eigenvalue weighted by molar-refractivity contribution is -0.384. The molecule has 0 bridgehead atoms. The molecule has 110 valence electrons. The predicted octanol–water partition coefficient (Wildman–Crippen LogP) is 3.42. The Morgan fingerprint density at radius 1 is 1.45 bits per heavy atom. The van der Waals surface area contributed by atoms with Gasteiger partial charge >= 0.3 is 6.09 Å². The summed E-state index contributed by atoms with van der Waals surface area (Å²) in [5, 5.41) is 13.3. The highest BCUT2D eigenvalue weighted by Crippen LogP contribution is 2.22. The van der Waals surface area contributed by atoms with Gasteiger partial charge in [-0.1, -0.05) is 15.9 Å². The van der Waals surface area contributed by atoms with Gasteiger partial charge in [-0.05, 0) is 38.8 Å². The van der Waals surface area contributed by atoms with E-state index >= 15 is 0 Å². The average molecular weight is 345 g/mol. The fraction of sp³-hybridized carbons (Fsp3) is 0.462. The lowest BCUT2D eigenvalue weighted by Crippen LogP contribution is -2.33. The highest BCUT2D eigenvalue weighted by Gasteiger charge is 2.16. The number of amides is 1. The van der Waals surface area contributed by atoms with E-state index in [0.29, 0.717) is 13.0 Å². The van der Waals surface area contributed by atoms with Gasteiger partial charge in [0.05, 0.1) is 4.92 Å². The molecule has 0 spiro atoms. The Balaban J connectivity index is 2.56. The van der Waals surface area contributed by atoms with Crippen LogP contribution in [0.3, 0.4) is 0 Å². The van der Waals surface area contributed by atoms with Gasteiger partial charge in [0.15, 0.2) is 0 Å². The molecule has 0 atom stereocenters. The number of halogens is 1. The molecular weight excluding hydrogens is 328 g/mol. The molecule has 1 aromatic rings. The van der Waals surface area contributed by atoms with E-state index in [1.165, 1.54) is 12.1 Å². The van der Waals surface area contributed by atoms with Crippen molar-refractivity contribution in [2.75, 3.05) is 6.54 Å². The minimum Gasteiger partial charge on any atom is -0.444 e. The van der Waals surface area contributed by atoms with Crippen molar-refractivity contribution < 1.29 is 14.5 Å². The Hall–Kier alpha value is -1.63. The standard InChI is InChI=1S/C13H17BrN2O4/c1-13(2,3)20-12(17)15-7-6-9-8-10(16(18)19)4-5-11(9)14/h4-5,8H,6-7H2,1-3H3,(H,15,17). The van der Waals surface area contributed by atoms with Crippen molar-refractivity contribution in [3.8, 4) is 0 Å². The number of non-ortho nitro benzene ring substituents is 1. The van der Waals surface area contributed by atoms with Gasteiger partial charge in [0.2, 0.25) is 0 Å². The van der Waals surface area contributed by atoms with Crippen LogP contribution in [0.15, 0.2) is 22.7 Å². The van der Waals surface area contributed by atoms with Gasteiger partial charge in [-0.15, -0.1) is 0 Å². The predicted molar refractivity (Wildman–Crippen MR) is 78.7 cm³/mol. The number of carbonyl (C=O) groups is 1. The number of nitrogens with one attached hydrogen (secondary N) is 1. The number of hydrogen-bond acceptors (Lipinski definition) is 4. The SMILES string of the molecule is CC(C)(C)OC(=O)NCCc1cc([N+](=O)[O-])ccc1Br. The van der Waals surface area contributed by atoms with Crippen molar-refractivity contribution >= 4 is 27.7 Å². The van der Waals surface area contributed by atoms with E-state index in [1.807, 2.05) is 0 Å². The zero-order valence-electron chi connectivity index (χ0n) is 11.6. The summed E-state index contributed by atoms with van der Waals surface area (Å²) in [7, 11) is 0. The molecule has 0 aliphatic carbocycles. The van der Waals surface area contributed by atoms with Crippen LogP contribution in [0.5, 0.6) is 0 Å².